The van der Waals surface area contributed by atoms with Gasteiger partial charge >= 0.3 is 0 Å². The van der Waals surface area contributed by atoms with E-state index in [0.717, 1.165) is 6.07 Å². The zero-order valence-corrected chi connectivity index (χ0v) is 21.5. The van der Waals surface area contributed by atoms with Crippen LogP contribution < -0.4 is 10.2 Å². The van der Waals surface area contributed by atoms with E-state index < -0.39 is 79.2 Å². The van der Waals surface area contributed by atoms with Crippen molar-refractivity contribution < 1.29 is 64.2 Å². The highest BCUT2D eigenvalue weighted by Gasteiger charge is 2.50. The molecule has 41 heavy (non-hydrogen) atoms. The number of rotatable bonds is 6. The normalized spacial score (nSPS) is 34.0. The number of benzene rings is 2. The molecule has 2 aromatic carbocycles. The maximum absolute atomic E-state index is 12.8. The molecule has 3 aromatic rings. The Hall–Kier alpha value is -3.31. The molecule has 0 radical (unpaired) electrons. The van der Waals surface area contributed by atoms with Gasteiger partial charge in [-0.05, 0) is 31.2 Å². The van der Waals surface area contributed by atoms with E-state index in [1.54, 1.807) is 0 Å². The Morgan fingerprint density at radius 3 is 2.22 bits per heavy atom. The number of phenols is 2. The van der Waals surface area contributed by atoms with Crippen LogP contribution in [0.4, 0.5) is 0 Å². The van der Waals surface area contributed by atoms with E-state index in [1.807, 2.05) is 0 Å². The first-order valence-corrected chi connectivity index (χ1v) is 12.7. The molecule has 2 aliphatic heterocycles. The van der Waals surface area contributed by atoms with Crippen LogP contribution in [0.25, 0.3) is 22.3 Å². The molecule has 0 saturated carbocycles. The Balaban J connectivity index is 1.47. The van der Waals surface area contributed by atoms with Gasteiger partial charge in [-0.3, -0.25) is 4.79 Å². The summed E-state index contributed by atoms with van der Waals surface area (Å²) in [5.41, 5.74) is -0.182. The topological polar surface area (TPSA) is 229 Å². The van der Waals surface area contributed by atoms with Crippen molar-refractivity contribution >= 4 is 11.0 Å². The first kappa shape index (κ1) is 29.2. The number of aromatic hydroxyl groups is 2. The van der Waals surface area contributed by atoms with Crippen molar-refractivity contribution in [1.82, 2.24) is 0 Å². The molecular formula is C27H30O14. The summed E-state index contributed by atoms with van der Waals surface area (Å²) in [6.45, 7) is 0.704. The Bertz CT molecular complexity index is 1420. The van der Waals surface area contributed by atoms with E-state index in [9.17, 15) is 45.6 Å². The van der Waals surface area contributed by atoms with Gasteiger partial charge in [0.25, 0.3) is 0 Å². The average Bonchev–Trinajstić information content (AvgIpc) is 2.94. The Kier molecular flexibility index (Phi) is 8.20. The minimum absolute atomic E-state index is 0.00857. The zero-order valence-electron chi connectivity index (χ0n) is 21.5. The Morgan fingerprint density at radius 1 is 0.829 bits per heavy atom. The highest BCUT2D eigenvalue weighted by Crippen LogP contribution is 2.35. The fourth-order valence-electron chi connectivity index (χ4n) is 4.79. The average molecular weight is 579 g/mol. The molecule has 3 heterocycles. The van der Waals surface area contributed by atoms with Crippen molar-refractivity contribution in [1.29, 1.82) is 0 Å². The molecule has 2 fully saturated rings. The molecule has 2 saturated heterocycles. The van der Waals surface area contributed by atoms with Gasteiger partial charge in [-0.25, -0.2) is 0 Å². The van der Waals surface area contributed by atoms with Crippen LogP contribution >= 0.6 is 0 Å². The molecule has 0 spiro atoms. The number of ether oxygens (including phenoxy) is 4. The summed E-state index contributed by atoms with van der Waals surface area (Å²) in [4.78, 5) is 12.8. The van der Waals surface area contributed by atoms with Crippen LogP contribution in [0.5, 0.6) is 17.2 Å². The second kappa shape index (κ2) is 11.5. The van der Waals surface area contributed by atoms with Crippen LogP contribution in [0.2, 0.25) is 0 Å². The van der Waals surface area contributed by atoms with Gasteiger partial charge in [0.2, 0.25) is 6.29 Å². The summed E-state index contributed by atoms with van der Waals surface area (Å²) in [7, 11) is 0. The van der Waals surface area contributed by atoms with E-state index in [4.69, 9.17) is 23.4 Å². The van der Waals surface area contributed by atoms with E-state index in [1.165, 1.54) is 43.3 Å². The van der Waals surface area contributed by atoms with Crippen LogP contribution in [0.15, 0.2) is 51.7 Å². The molecule has 0 unspecified atom stereocenters. The molecule has 14 nitrogen and oxygen atoms in total. The smallest absolute Gasteiger partial charge is 0.229 e. The summed E-state index contributed by atoms with van der Waals surface area (Å²) < 4.78 is 28.4. The second-order valence-electron chi connectivity index (χ2n) is 9.94. The van der Waals surface area contributed by atoms with Crippen LogP contribution in [-0.2, 0) is 14.2 Å². The van der Waals surface area contributed by atoms with Crippen molar-refractivity contribution in [2.45, 2.75) is 68.3 Å². The predicted octanol–water partition coefficient (Wildman–Crippen LogP) is -1.10. The number of phenolic OH excluding ortho intramolecular Hbond substituents is 2. The Morgan fingerprint density at radius 2 is 1.54 bits per heavy atom. The summed E-state index contributed by atoms with van der Waals surface area (Å²) >= 11 is 0. The summed E-state index contributed by atoms with van der Waals surface area (Å²) in [6.07, 6.45) is -15.3. The largest absolute Gasteiger partial charge is 0.508 e. The van der Waals surface area contributed by atoms with Crippen LogP contribution in [0.3, 0.4) is 0 Å². The van der Waals surface area contributed by atoms with Crippen molar-refractivity contribution in [3.05, 3.63) is 52.7 Å². The van der Waals surface area contributed by atoms with Crippen molar-refractivity contribution in [2.75, 3.05) is 6.61 Å². The van der Waals surface area contributed by atoms with Gasteiger partial charge in [0, 0.05) is 23.8 Å². The Labute approximate surface area is 231 Å². The fraction of sp³-hybridized carbons (Fsp3) is 0.444. The molecule has 222 valence electrons. The molecule has 8 N–H and O–H groups in total. The minimum atomic E-state index is -1.76. The zero-order chi connectivity index (χ0) is 29.6. The standard InChI is InChI=1S/C27H30O14/c1-10-20(32)22(34)24(36)26(37-10)41-25-23(35)21(33)18(9-28)40-27(25)38-13-6-14(30)19-15(31)8-16(39-17(19)7-13)11-2-4-12(29)5-3-11/h2-8,10,18,20-30,32-36H,9H2,1H3/t10-,18-,20+,21+,22-,23-,24-,25+,26-,27+/m1/s1. The predicted molar refractivity (Wildman–Crippen MR) is 137 cm³/mol. The first-order valence-electron chi connectivity index (χ1n) is 12.7. The maximum atomic E-state index is 12.8. The lowest BCUT2D eigenvalue weighted by Gasteiger charge is -2.45. The SMILES string of the molecule is C[C@H]1O[C@H](O[C@@H]2[C@@H](Oc3cc(O)c4c(=O)cc(-c5ccc(O)cc5)oc4c3)O[C@H](CO)[C@H](O)[C@H]2O)[C@H](O)[C@H](O)[C@H]1O. The molecular weight excluding hydrogens is 548 g/mol. The molecule has 0 aliphatic carbocycles. The van der Waals surface area contributed by atoms with Gasteiger partial charge in [0.1, 0.15) is 70.6 Å². The monoisotopic (exact) mass is 578 g/mol. The number of hydrogen-bond donors (Lipinski definition) is 8. The van der Waals surface area contributed by atoms with Crippen molar-refractivity contribution in [3.8, 4) is 28.6 Å². The van der Waals surface area contributed by atoms with Crippen LogP contribution in [-0.4, -0.2) is 109 Å². The van der Waals surface area contributed by atoms with Crippen molar-refractivity contribution in [2.24, 2.45) is 0 Å². The maximum Gasteiger partial charge on any atom is 0.229 e. The molecule has 2 aliphatic rings. The van der Waals surface area contributed by atoms with Gasteiger partial charge in [-0.2, -0.15) is 0 Å². The lowest BCUT2D eigenvalue weighted by Crippen LogP contribution is -2.64. The van der Waals surface area contributed by atoms with Gasteiger partial charge in [-0.1, -0.05) is 0 Å². The fourth-order valence-corrected chi connectivity index (χ4v) is 4.79. The van der Waals surface area contributed by atoms with E-state index in [2.05, 4.69) is 0 Å². The van der Waals surface area contributed by atoms with Gasteiger partial charge in [0.05, 0.1) is 12.7 Å². The third kappa shape index (κ3) is 5.61. The summed E-state index contributed by atoms with van der Waals surface area (Å²) in [5.74, 6) is -0.498. The molecule has 0 amide bonds. The first-order chi connectivity index (χ1) is 19.5. The molecule has 14 heteroatoms. The van der Waals surface area contributed by atoms with Crippen LogP contribution in [0.1, 0.15) is 6.92 Å². The van der Waals surface area contributed by atoms with Gasteiger partial charge in [-0.15, -0.1) is 0 Å². The lowest BCUT2D eigenvalue weighted by molar-refractivity contribution is -0.354. The molecule has 10 atom stereocenters. The number of aliphatic hydroxyl groups excluding tert-OH is 6. The highest BCUT2D eigenvalue weighted by atomic mass is 16.8. The summed E-state index contributed by atoms with van der Waals surface area (Å²) in [5, 5.41) is 81.4. The van der Waals surface area contributed by atoms with Crippen molar-refractivity contribution in [3.63, 3.8) is 0 Å². The highest BCUT2D eigenvalue weighted by molar-refractivity contribution is 5.86. The second-order valence-corrected chi connectivity index (χ2v) is 9.94. The molecule has 1 aromatic heterocycles. The third-order valence-corrected chi connectivity index (χ3v) is 7.11. The minimum Gasteiger partial charge on any atom is -0.508 e. The lowest BCUT2D eigenvalue weighted by atomic mass is 9.97. The number of fused-ring (bicyclic) bond motifs is 1. The third-order valence-electron chi connectivity index (χ3n) is 7.11. The molecule has 0 bridgehead atoms. The van der Waals surface area contributed by atoms with E-state index in [0.29, 0.717) is 5.56 Å². The van der Waals surface area contributed by atoms with Gasteiger partial charge in [0.15, 0.2) is 17.8 Å². The van der Waals surface area contributed by atoms with E-state index in [-0.39, 0.29) is 28.2 Å². The number of hydrogen-bond acceptors (Lipinski definition) is 14. The molecule has 5 rings (SSSR count). The number of aliphatic hydroxyl groups is 6. The van der Waals surface area contributed by atoms with E-state index >= 15 is 0 Å². The quantitative estimate of drug-likeness (QED) is 0.174. The summed E-state index contributed by atoms with van der Waals surface area (Å²) in [6, 6.07) is 9.38. The van der Waals surface area contributed by atoms with Gasteiger partial charge < -0.3 is 64.2 Å². The van der Waals surface area contributed by atoms with Crippen LogP contribution in [0, 0.1) is 0 Å².